The van der Waals surface area contributed by atoms with Crippen molar-refractivity contribution in [2.75, 3.05) is 0 Å². The first kappa shape index (κ1) is 20.0. The molecule has 1 nitrogen and oxygen atoms in total. The summed E-state index contributed by atoms with van der Waals surface area (Å²) in [5.41, 5.74) is 3.78. The van der Waals surface area contributed by atoms with E-state index in [4.69, 9.17) is 0 Å². The SMILES string of the molecule is CCCCCc1ccc(-c2ccc(C3CCC(CCC)CC3)cn2)c(F)c1. The molecule has 2 aromatic rings. The van der Waals surface area contributed by atoms with Gasteiger partial charge in [0.2, 0.25) is 0 Å². The van der Waals surface area contributed by atoms with Crippen LogP contribution in [0.1, 0.15) is 88.7 Å². The van der Waals surface area contributed by atoms with Crippen LogP contribution in [0.15, 0.2) is 36.5 Å². The zero-order chi connectivity index (χ0) is 19.1. The fourth-order valence-electron chi connectivity index (χ4n) is 4.50. The third-order valence-corrected chi connectivity index (χ3v) is 6.18. The molecule has 0 atom stereocenters. The molecule has 1 heterocycles. The van der Waals surface area contributed by atoms with Crippen molar-refractivity contribution >= 4 is 0 Å². The van der Waals surface area contributed by atoms with Gasteiger partial charge in [0, 0.05) is 11.8 Å². The summed E-state index contributed by atoms with van der Waals surface area (Å²) in [5.74, 6) is 1.40. The second kappa shape index (κ2) is 10.0. The monoisotopic (exact) mass is 367 g/mol. The number of benzene rings is 1. The zero-order valence-electron chi connectivity index (χ0n) is 17.0. The van der Waals surface area contributed by atoms with E-state index in [1.807, 2.05) is 18.3 Å². The number of hydrogen-bond acceptors (Lipinski definition) is 1. The molecule has 0 unspecified atom stereocenters. The average molecular weight is 368 g/mol. The van der Waals surface area contributed by atoms with Gasteiger partial charge >= 0.3 is 0 Å². The van der Waals surface area contributed by atoms with Crippen LogP contribution in [0.2, 0.25) is 0 Å². The number of nitrogens with zero attached hydrogens (tertiary/aromatic N) is 1. The van der Waals surface area contributed by atoms with E-state index >= 15 is 0 Å². The highest BCUT2D eigenvalue weighted by atomic mass is 19.1. The molecule has 1 aliphatic rings. The lowest BCUT2D eigenvalue weighted by Crippen LogP contribution is -2.13. The molecule has 0 aliphatic heterocycles. The number of aromatic nitrogens is 1. The summed E-state index contributed by atoms with van der Waals surface area (Å²) in [5, 5.41) is 0. The van der Waals surface area contributed by atoms with Gasteiger partial charge in [-0.05, 0) is 79.7 Å². The van der Waals surface area contributed by atoms with E-state index in [-0.39, 0.29) is 5.82 Å². The molecule has 1 aromatic heterocycles. The van der Waals surface area contributed by atoms with Crippen LogP contribution in [0.5, 0.6) is 0 Å². The van der Waals surface area contributed by atoms with E-state index in [2.05, 4.69) is 31.0 Å². The Kier molecular flexibility index (Phi) is 7.43. The minimum absolute atomic E-state index is 0.149. The maximum absolute atomic E-state index is 14.6. The smallest absolute Gasteiger partial charge is 0.132 e. The van der Waals surface area contributed by atoms with Crippen molar-refractivity contribution in [1.29, 1.82) is 0 Å². The Morgan fingerprint density at radius 2 is 1.78 bits per heavy atom. The Labute approximate surface area is 164 Å². The largest absolute Gasteiger partial charge is 0.256 e. The fourth-order valence-corrected chi connectivity index (χ4v) is 4.50. The summed E-state index contributed by atoms with van der Waals surface area (Å²) in [4.78, 5) is 4.61. The molecular formula is C25H34FN. The van der Waals surface area contributed by atoms with Crippen molar-refractivity contribution in [3.05, 3.63) is 53.5 Å². The third-order valence-electron chi connectivity index (χ3n) is 6.18. The predicted octanol–water partition coefficient (Wildman–Crippen LogP) is 7.69. The van der Waals surface area contributed by atoms with Gasteiger partial charge in [-0.1, -0.05) is 51.7 Å². The molecule has 0 N–H and O–H groups in total. The van der Waals surface area contributed by atoms with E-state index in [9.17, 15) is 4.39 Å². The highest BCUT2D eigenvalue weighted by molar-refractivity contribution is 5.60. The predicted molar refractivity (Wildman–Crippen MR) is 112 cm³/mol. The van der Waals surface area contributed by atoms with Gasteiger partial charge in [-0.25, -0.2) is 4.39 Å². The Hall–Kier alpha value is -1.70. The second-order valence-corrected chi connectivity index (χ2v) is 8.25. The van der Waals surface area contributed by atoms with Crippen molar-refractivity contribution in [2.24, 2.45) is 5.92 Å². The minimum Gasteiger partial charge on any atom is -0.256 e. The number of aryl methyl sites for hydroxylation is 1. The highest BCUT2D eigenvalue weighted by Gasteiger charge is 2.22. The Morgan fingerprint density at radius 1 is 0.963 bits per heavy atom. The standard InChI is InChI=1S/C25H34FN/c1-3-5-6-8-20-11-15-23(24(26)17-20)25-16-14-22(18-27-25)21-12-9-19(7-4-2)10-13-21/h11,14-19,21H,3-10,12-13H2,1-2H3. The topological polar surface area (TPSA) is 12.9 Å². The molecule has 1 fully saturated rings. The van der Waals surface area contributed by atoms with Crippen molar-refractivity contribution in [3.8, 4) is 11.3 Å². The lowest BCUT2D eigenvalue weighted by molar-refractivity contribution is 0.308. The molecular weight excluding hydrogens is 333 g/mol. The van der Waals surface area contributed by atoms with Crippen LogP contribution < -0.4 is 0 Å². The van der Waals surface area contributed by atoms with E-state index in [1.54, 1.807) is 6.07 Å². The van der Waals surface area contributed by atoms with Crippen LogP contribution in [0.25, 0.3) is 11.3 Å². The van der Waals surface area contributed by atoms with E-state index in [0.717, 1.165) is 30.0 Å². The van der Waals surface area contributed by atoms with Gasteiger partial charge in [0.1, 0.15) is 5.82 Å². The molecule has 0 bridgehead atoms. The summed E-state index contributed by atoms with van der Waals surface area (Å²) in [6.07, 6.45) is 14.4. The van der Waals surface area contributed by atoms with Gasteiger partial charge in [0.25, 0.3) is 0 Å². The molecule has 0 saturated heterocycles. The third kappa shape index (κ3) is 5.40. The molecule has 3 rings (SSSR count). The van der Waals surface area contributed by atoms with Crippen LogP contribution in [0.3, 0.4) is 0 Å². The maximum Gasteiger partial charge on any atom is 0.132 e. The summed E-state index contributed by atoms with van der Waals surface area (Å²) in [7, 11) is 0. The summed E-state index contributed by atoms with van der Waals surface area (Å²) >= 11 is 0. The van der Waals surface area contributed by atoms with E-state index < -0.39 is 0 Å². The van der Waals surface area contributed by atoms with Crippen LogP contribution in [0, 0.1) is 11.7 Å². The average Bonchev–Trinajstić information content (AvgIpc) is 2.69. The molecule has 1 aliphatic carbocycles. The van der Waals surface area contributed by atoms with Gasteiger partial charge in [0.15, 0.2) is 0 Å². The molecule has 0 spiro atoms. The van der Waals surface area contributed by atoms with E-state index in [0.29, 0.717) is 11.5 Å². The van der Waals surface area contributed by atoms with Crippen LogP contribution in [-0.4, -0.2) is 4.98 Å². The minimum atomic E-state index is -0.149. The lowest BCUT2D eigenvalue weighted by Gasteiger charge is -2.28. The first-order valence-electron chi connectivity index (χ1n) is 11.0. The van der Waals surface area contributed by atoms with Crippen LogP contribution >= 0.6 is 0 Å². The normalized spacial score (nSPS) is 20.0. The number of halogens is 1. The summed E-state index contributed by atoms with van der Waals surface area (Å²) < 4.78 is 14.6. The van der Waals surface area contributed by atoms with Crippen molar-refractivity contribution in [3.63, 3.8) is 0 Å². The number of pyridine rings is 1. The Bertz CT molecular complexity index is 699. The molecule has 27 heavy (non-hydrogen) atoms. The highest BCUT2D eigenvalue weighted by Crippen LogP contribution is 2.37. The van der Waals surface area contributed by atoms with Crippen LogP contribution in [0.4, 0.5) is 4.39 Å². The number of rotatable bonds is 8. The van der Waals surface area contributed by atoms with Crippen molar-refractivity contribution in [1.82, 2.24) is 4.98 Å². The first-order valence-corrected chi connectivity index (χ1v) is 11.0. The van der Waals surface area contributed by atoms with E-state index in [1.165, 1.54) is 56.9 Å². The van der Waals surface area contributed by atoms with Gasteiger partial charge in [-0.15, -0.1) is 0 Å². The molecule has 0 radical (unpaired) electrons. The van der Waals surface area contributed by atoms with Crippen molar-refractivity contribution < 1.29 is 4.39 Å². The first-order chi connectivity index (χ1) is 13.2. The summed E-state index contributed by atoms with van der Waals surface area (Å²) in [6.45, 7) is 4.47. The molecule has 1 saturated carbocycles. The number of unbranched alkanes of at least 4 members (excludes halogenated alkanes) is 2. The molecule has 146 valence electrons. The quantitative estimate of drug-likeness (QED) is 0.436. The fraction of sp³-hybridized carbons (Fsp3) is 0.560. The molecule has 0 amide bonds. The molecule has 1 aromatic carbocycles. The maximum atomic E-state index is 14.6. The van der Waals surface area contributed by atoms with Gasteiger partial charge in [-0.2, -0.15) is 0 Å². The Balaban J connectivity index is 1.63. The van der Waals surface area contributed by atoms with Crippen molar-refractivity contribution in [2.45, 2.75) is 84.0 Å². The number of hydrogen-bond donors (Lipinski definition) is 0. The lowest BCUT2D eigenvalue weighted by atomic mass is 9.77. The van der Waals surface area contributed by atoms with Gasteiger partial charge < -0.3 is 0 Å². The second-order valence-electron chi connectivity index (χ2n) is 8.25. The van der Waals surface area contributed by atoms with Crippen LogP contribution in [-0.2, 0) is 6.42 Å². The zero-order valence-corrected chi connectivity index (χ0v) is 17.0. The molecule has 2 heteroatoms. The summed E-state index contributed by atoms with van der Waals surface area (Å²) in [6, 6.07) is 9.81. The Morgan fingerprint density at radius 3 is 2.41 bits per heavy atom. The van der Waals surface area contributed by atoms with Gasteiger partial charge in [-0.3, -0.25) is 4.98 Å². The van der Waals surface area contributed by atoms with Gasteiger partial charge in [0.05, 0.1) is 5.69 Å².